The van der Waals surface area contributed by atoms with Crippen LogP contribution in [-0.4, -0.2) is 0 Å². The van der Waals surface area contributed by atoms with Crippen molar-refractivity contribution in [2.75, 3.05) is 9.80 Å². The van der Waals surface area contributed by atoms with Crippen LogP contribution in [0.5, 0.6) is 0 Å². The maximum absolute atomic E-state index is 3.72. The second-order valence-corrected chi connectivity index (χ2v) is 8.88. The fraction of sp³-hybridized carbons (Fsp3) is 0.250. The topological polar surface area (TPSA) is 6.48 Å². The quantitative estimate of drug-likeness (QED) is 0.480. The number of allylic oxidation sites excluding steroid dienone is 2. The molecule has 0 saturated carbocycles. The highest BCUT2D eigenvalue weighted by molar-refractivity contribution is 5.84. The third kappa shape index (κ3) is 2.86. The maximum atomic E-state index is 3.72. The second-order valence-electron chi connectivity index (χ2n) is 8.88. The van der Waals surface area contributed by atoms with Gasteiger partial charge in [-0.1, -0.05) is 65.7 Å². The van der Waals surface area contributed by atoms with E-state index >= 15 is 0 Å². The van der Waals surface area contributed by atoms with E-state index in [1.54, 1.807) is 0 Å². The van der Waals surface area contributed by atoms with Crippen molar-refractivity contribution in [1.82, 2.24) is 0 Å². The Morgan fingerprint density at radius 3 is 1.40 bits per heavy atom. The number of aryl methyl sites for hydroxylation is 6. The molecule has 0 aromatic heterocycles. The zero-order valence-electron chi connectivity index (χ0n) is 18.7. The Labute approximate surface area is 180 Å². The minimum Gasteiger partial charge on any atom is -0.310 e. The van der Waals surface area contributed by atoms with Crippen LogP contribution in [0, 0.1) is 48.2 Å². The van der Waals surface area contributed by atoms with Gasteiger partial charge in [0.05, 0.1) is 17.3 Å². The Morgan fingerprint density at radius 2 is 1.00 bits per heavy atom. The van der Waals surface area contributed by atoms with Gasteiger partial charge in [0.1, 0.15) is 0 Å². The fourth-order valence-corrected chi connectivity index (χ4v) is 5.25. The number of anilines is 2. The van der Waals surface area contributed by atoms with Crippen molar-refractivity contribution in [3.63, 3.8) is 0 Å². The van der Waals surface area contributed by atoms with Crippen LogP contribution in [0.25, 0.3) is 0 Å². The molecule has 0 atom stereocenters. The van der Waals surface area contributed by atoms with E-state index in [0.29, 0.717) is 5.92 Å². The monoisotopic (exact) mass is 392 g/mol. The summed E-state index contributed by atoms with van der Waals surface area (Å²) in [4.78, 5) is 4.63. The van der Waals surface area contributed by atoms with E-state index in [2.05, 4.69) is 113 Å². The minimum atomic E-state index is 0.327. The number of benzene rings is 3. The predicted octanol–water partition coefficient (Wildman–Crippen LogP) is 6.87. The molecule has 0 saturated heterocycles. The van der Waals surface area contributed by atoms with Gasteiger partial charge in [-0.15, -0.1) is 0 Å². The molecule has 2 heteroatoms. The highest BCUT2D eigenvalue weighted by Gasteiger charge is 2.53. The Kier molecular flexibility index (Phi) is 4.28. The van der Waals surface area contributed by atoms with E-state index in [-0.39, 0.29) is 0 Å². The van der Waals surface area contributed by atoms with Crippen LogP contribution in [0.4, 0.5) is 11.4 Å². The standard InChI is InChI=1S/C28H28N2/c1-17-12-19(3)25(20(4)13-17)29-16-30(26-21(5)14-18(2)15-22(26)6)28-24(27(28)29)23-10-8-7-9-11-23/h7-15,24H,1-6H3. The Balaban J connectivity index is 1.63. The minimum absolute atomic E-state index is 0.327. The van der Waals surface area contributed by atoms with Crippen LogP contribution in [-0.2, 0) is 0 Å². The van der Waals surface area contributed by atoms with Crippen molar-refractivity contribution < 1.29 is 0 Å². The summed E-state index contributed by atoms with van der Waals surface area (Å²) in [5.74, 6) is 0.327. The highest BCUT2D eigenvalue weighted by Crippen LogP contribution is 2.60. The summed E-state index contributed by atoms with van der Waals surface area (Å²) < 4.78 is 0. The van der Waals surface area contributed by atoms with Gasteiger partial charge in [-0.2, -0.15) is 0 Å². The first-order valence-corrected chi connectivity index (χ1v) is 10.7. The number of hydrogen-bond donors (Lipinski definition) is 0. The lowest BCUT2D eigenvalue weighted by Gasteiger charge is -2.32. The molecule has 0 bridgehead atoms. The summed E-state index contributed by atoms with van der Waals surface area (Å²) >= 11 is 0. The van der Waals surface area contributed by atoms with Gasteiger partial charge in [-0.25, -0.2) is 0 Å². The second kappa shape index (κ2) is 6.77. The van der Waals surface area contributed by atoms with Crippen molar-refractivity contribution in [1.29, 1.82) is 0 Å². The smallest absolute Gasteiger partial charge is 0.218 e. The van der Waals surface area contributed by atoms with E-state index in [1.807, 2.05) is 0 Å². The highest BCUT2D eigenvalue weighted by atomic mass is 15.4. The molecule has 1 aliphatic heterocycles. The Hall–Kier alpha value is -3.00. The summed E-state index contributed by atoms with van der Waals surface area (Å²) in [5.41, 5.74) is 14.4. The molecule has 1 heterocycles. The van der Waals surface area contributed by atoms with Crippen LogP contribution >= 0.6 is 0 Å². The molecule has 0 spiro atoms. The summed E-state index contributed by atoms with van der Waals surface area (Å²) in [7, 11) is 0. The Morgan fingerprint density at radius 1 is 0.600 bits per heavy atom. The molecule has 5 rings (SSSR count). The van der Waals surface area contributed by atoms with Gasteiger partial charge >= 0.3 is 0 Å². The maximum Gasteiger partial charge on any atom is 0.218 e. The molecule has 0 N–H and O–H groups in total. The van der Waals surface area contributed by atoms with Crippen LogP contribution in [0.1, 0.15) is 44.9 Å². The van der Waals surface area contributed by atoms with Gasteiger partial charge in [0.25, 0.3) is 0 Å². The molecule has 30 heavy (non-hydrogen) atoms. The lowest BCUT2D eigenvalue weighted by atomic mass is 10.0. The summed E-state index contributed by atoms with van der Waals surface area (Å²) in [6.07, 6.45) is 0. The predicted molar refractivity (Wildman–Crippen MR) is 126 cm³/mol. The van der Waals surface area contributed by atoms with Crippen LogP contribution < -0.4 is 9.80 Å². The first-order valence-electron chi connectivity index (χ1n) is 10.7. The summed E-state index contributed by atoms with van der Waals surface area (Å²) in [5, 5.41) is 0. The van der Waals surface area contributed by atoms with Crippen LogP contribution in [0.3, 0.4) is 0 Å². The molecular formula is C28H28N2. The molecule has 2 nitrogen and oxygen atoms in total. The van der Waals surface area contributed by atoms with Crippen molar-refractivity contribution >= 4 is 11.4 Å². The molecule has 2 aliphatic rings. The normalized spacial score (nSPS) is 15.8. The van der Waals surface area contributed by atoms with Gasteiger partial charge in [0.2, 0.25) is 6.67 Å². The van der Waals surface area contributed by atoms with E-state index < -0.39 is 0 Å². The fourth-order valence-electron chi connectivity index (χ4n) is 5.25. The van der Waals surface area contributed by atoms with Crippen molar-refractivity contribution in [2.45, 2.75) is 47.5 Å². The molecule has 3 aromatic carbocycles. The number of nitrogens with zero attached hydrogens (tertiary/aromatic N) is 2. The first kappa shape index (κ1) is 19.0. The molecule has 2 radical (unpaired) electrons. The number of hydrogen-bond acceptors (Lipinski definition) is 2. The van der Waals surface area contributed by atoms with Gasteiger partial charge in [-0.3, -0.25) is 0 Å². The van der Waals surface area contributed by atoms with Crippen molar-refractivity contribution in [3.05, 3.63) is 112 Å². The number of rotatable bonds is 3. The molecular weight excluding hydrogens is 364 g/mol. The van der Waals surface area contributed by atoms with E-state index in [0.717, 1.165) is 0 Å². The van der Waals surface area contributed by atoms with Crippen molar-refractivity contribution in [2.24, 2.45) is 0 Å². The average Bonchev–Trinajstić information content (AvgIpc) is 3.30. The summed E-state index contributed by atoms with van der Waals surface area (Å²) in [6.45, 7) is 16.9. The molecule has 0 unspecified atom stereocenters. The molecule has 1 aliphatic carbocycles. The lowest BCUT2D eigenvalue weighted by molar-refractivity contribution is 0.908. The average molecular weight is 393 g/mol. The molecule has 3 aromatic rings. The third-order valence-corrected chi connectivity index (χ3v) is 6.26. The van der Waals surface area contributed by atoms with Crippen molar-refractivity contribution in [3.8, 4) is 0 Å². The van der Waals surface area contributed by atoms with Gasteiger partial charge in [0, 0.05) is 11.4 Å². The van der Waals surface area contributed by atoms with Gasteiger partial charge in [-0.05, 0) is 69.4 Å². The van der Waals surface area contributed by atoms with Gasteiger partial charge in [0.15, 0.2) is 0 Å². The third-order valence-electron chi connectivity index (χ3n) is 6.26. The van der Waals surface area contributed by atoms with E-state index in [9.17, 15) is 0 Å². The molecule has 150 valence electrons. The molecule has 0 amide bonds. The van der Waals surface area contributed by atoms with E-state index in [4.69, 9.17) is 0 Å². The van der Waals surface area contributed by atoms with E-state index in [1.165, 1.54) is 61.7 Å². The van der Waals surface area contributed by atoms with Gasteiger partial charge < -0.3 is 9.80 Å². The Bertz CT molecular complexity index is 1070. The SMILES string of the molecule is Cc1cc(C)c(N2[C]N(c3c(C)cc(C)cc3C)C3=C2C3c2ccccc2)c(C)c1. The molecule has 0 fully saturated rings. The summed E-state index contributed by atoms with van der Waals surface area (Å²) in [6, 6.07) is 19.9. The van der Waals surface area contributed by atoms with Crippen LogP contribution in [0.15, 0.2) is 66.0 Å². The lowest BCUT2D eigenvalue weighted by Crippen LogP contribution is -2.29. The van der Waals surface area contributed by atoms with Crippen LogP contribution in [0.2, 0.25) is 0 Å². The zero-order chi connectivity index (χ0) is 21.2. The largest absolute Gasteiger partial charge is 0.310 e. The first-order chi connectivity index (χ1) is 14.4. The zero-order valence-corrected chi connectivity index (χ0v) is 18.7.